The Kier molecular flexibility index (Phi) is 5.39. The average molecular weight is 476 g/mol. The minimum Gasteiger partial charge on any atom is -0.508 e. The summed E-state index contributed by atoms with van der Waals surface area (Å²) in [5.74, 6) is -2.25. The van der Waals surface area contributed by atoms with E-state index in [0.717, 1.165) is 17.0 Å². The van der Waals surface area contributed by atoms with Crippen molar-refractivity contribution in [3.8, 4) is 28.6 Å². The molecule has 0 fully saturated rings. The van der Waals surface area contributed by atoms with Crippen molar-refractivity contribution in [1.82, 2.24) is 19.3 Å². The van der Waals surface area contributed by atoms with E-state index in [1.165, 1.54) is 28.8 Å². The van der Waals surface area contributed by atoms with Gasteiger partial charge in [-0.05, 0) is 60.4 Å². The summed E-state index contributed by atoms with van der Waals surface area (Å²) in [6.07, 6.45) is 1.89. The van der Waals surface area contributed by atoms with E-state index < -0.39 is 23.2 Å². The summed E-state index contributed by atoms with van der Waals surface area (Å²) in [6, 6.07) is 13.7. The predicted molar refractivity (Wildman–Crippen MR) is 128 cm³/mol. The van der Waals surface area contributed by atoms with Crippen molar-refractivity contribution in [3.05, 3.63) is 94.0 Å². The molecule has 1 atom stereocenters. The third-order valence-corrected chi connectivity index (χ3v) is 6.29. The lowest BCUT2D eigenvalue weighted by molar-refractivity contribution is 0.442. The van der Waals surface area contributed by atoms with E-state index in [1.807, 2.05) is 36.0 Å². The highest BCUT2D eigenvalue weighted by Crippen LogP contribution is 2.39. The highest BCUT2D eigenvalue weighted by Gasteiger charge is 2.22. The van der Waals surface area contributed by atoms with Crippen LogP contribution >= 0.6 is 0 Å². The fourth-order valence-corrected chi connectivity index (χ4v) is 4.44. The van der Waals surface area contributed by atoms with Crippen LogP contribution in [0.15, 0.2) is 65.6 Å². The van der Waals surface area contributed by atoms with Gasteiger partial charge in [0.05, 0.1) is 11.3 Å². The van der Waals surface area contributed by atoms with Crippen LogP contribution in [0, 0.1) is 11.6 Å². The Morgan fingerprint density at radius 1 is 1.03 bits per heavy atom. The maximum Gasteiger partial charge on any atom is 0.348 e. The van der Waals surface area contributed by atoms with Crippen LogP contribution in [0.5, 0.6) is 11.5 Å². The number of aromatic hydroxyl groups is 2. The Morgan fingerprint density at radius 3 is 2.51 bits per heavy atom. The molecule has 3 N–H and O–H groups in total. The summed E-state index contributed by atoms with van der Waals surface area (Å²) in [7, 11) is 1.92. The summed E-state index contributed by atoms with van der Waals surface area (Å²) in [5.41, 5.74) is 1.45. The molecule has 2 heterocycles. The van der Waals surface area contributed by atoms with E-state index >= 15 is 0 Å². The Labute approximate surface area is 198 Å². The first-order chi connectivity index (χ1) is 16.7. The Morgan fingerprint density at radius 2 is 1.77 bits per heavy atom. The molecule has 3 aromatic carbocycles. The normalized spacial score (nSPS) is 12.3. The number of fused-ring (bicyclic) bond motifs is 1. The minimum absolute atomic E-state index is 0.0195. The lowest BCUT2D eigenvalue weighted by atomic mass is 9.91. The summed E-state index contributed by atoms with van der Waals surface area (Å²) in [4.78, 5) is 12.7. The molecule has 5 aromatic rings. The number of nitrogens with zero attached hydrogens (tertiary/aromatic N) is 3. The lowest BCUT2D eigenvalue weighted by Gasteiger charge is -2.17. The quantitative estimate of drug-likeness (QED) is 0.341. The molecule has 0 aliphatic carbocycles. The third kappa shape index (κ3) is 3.84. The Balaban J connectivity index is 1.60. The first kappa shape index (κ1) is 22.4. The van der Waals surface area contributed by atoms with Crippen LogP contribution < -0.4 is 5.69 Å². The number of hydrogen-bond acceptors (Lipinski definition) is 4. The standard InChI is InChI=1S/C26H22F2N4O3/c1-14(10-18-20(27)4-3-5-21(18)28)17-12-19(24(34)13-23(17)33)25-29-30-26(35)32(25)16-6-7-22-15(11-16)8-9-31(22)2/h3-9,11-14,33-34H,10H2,1-2H3,(H,30,35). The monoisotopic (exact) mass is 476 g/mol. The van der Waals surface area contributed by atoms with Crippen molar-refractivity contribution >= 4 is 10.9 Å². The smallest absolute Gasteiger partial charge is 0.348 e. The number of phenols is 2. The second-order valence-corrected chi connectivity index (χ2v) is 8.59. The van der Waals surface area contributed by atoms with Crippen LogP contribution in [0.1, 0.15) is 24.0 Å². The fourth-order valence-electron chi connectivity index (χ4n) is 4.44. The summed E-state index contributed by atoms with van der Waals surface area (Å²) in [5, 5.41) is 28.6. The molecule has 0 saturated heterocycles. The number of aromatic nitrogens is 4. The second-order valence-electron chi connectivity index (χ2n) is 8.59. The molecule has 178 valence electrons. The molecule has 0 amide bonds. The number of rotatable bonds is 5. The van der Waals surface area contributed by atoms with Crippen LogP contribution in [-0.2, 0) is 13.5 Å². The van der Waals surface area contributed by atoms with Crippen LogP contribution in [0.25, 0.3) is 28.0 Å². The summed E-state index contributed by atoms with van der Waals surface area (Å²) < 4.78 is 31.7. The van der Waals surface area contributed by atoms with Gasteiger partial charge in [-0.15, -0.1) is 0 Å². The molecule has 0 bridgehead atoms. The molecule has 5 rings (SSSR count). The van der Waals surface area contributed by atoms with Crippen LogP contribution in [0.4, 0.5) is 8.78 Å². The van der Waals surface area contributed by atoms with Gasteiger partial charge in [0, 0.05) is 35.8 Å². The van der Waals surface area contributed by atoms with Crippen LogP contribution in [-0.4, -0.2) is 29.5 Å². The molecular weight excluding hydrogens is 454 g/mol. The number of halogens is 2. The third-order valence-electron chi connectivity index (χ3n) is 6.29. The minimum atomic E-state index is -0.673. The van der Waals surface area contributed by atoms with E-state index in [1.54, 1.807) is 13.0 Å². The fraction of sp³-hybridized carbons (Fsp3) is 0.154. The van der Waals surface area contributed by atoms with Crippen molar-refractivity contribution in [2.24, 2.45) is 7.05 Å². The van der Waals surface area contributed by atoms with Crippen molar-refractivity contribution in [2.75, 3.05) is 0 Å². The second kappa shape index (κ2) is 8.43. The molecule has 0 aliphatic heterocycles. The summed E-state index contributed by atoms with van der Waals surface area (Å²) >= 11 is 0. The maximum atomic E-state index is 14.2. The van der Waals surface area contributed by atoms with Gasteiger partial charge in [0.15, 0.2) is 5.82 Å². The van der Waals surface area contributed by atoms with Crippen molar-refractivity contribution in [1.29, 1.82) is 0 Å². The Bertz CT molecular complexity index is 1610. The molecule has 0 saturated carbocycles. The Hall–Kier alpha value is -4.40. The molecule has 0 aliphatic rings. The molecular formula is C26H22F2N4O3. The SMILES string of the molecule is CC(Cc1c(F)cccc1F)c1cc(-c2n[nH]c(=O)n2-c2ccc3c(ccn3C)c2)c(O)cc1O. The lowest BCUT2D eigenvalue weighted by Crippen LogP contribution is -2.15. The van der Waals surface area contributed by atoms with Crippen molar-refractivity contribution < 1.29 is 19.0 Å². The number of hydrogen-bond donors (Lipinski definition) is 3. The molecule has 1 unspecified atom stereocenters. The van der Waals surface area contributed by atoms with E-state index in [9.17, 15) is 23.8 Å². The number of phenolic OH excluding ortho intramolecular Hbond substituents is 2. The van der Waals surface area contributed by atoms with E-state index in [0.29, 0.717) is 11.3 Å². The predicted octanol–water partition coefficient (Wildman–Crippen LogP) is 4.75. The summed E-state index contributed by atoms with van der Waals surface area (Å²) in [6.45, 7) is 1.71. The van der Waals surface area contributed by atoms with Crippen LogP contribution in [0.2, 0.25) is 0 Å². The molecule has 0 spiro atoms. The van der Waals surface area contributed by atoms with Gasteiger partial charge in [0.2, 0.25) is 0 Å². The number of benzene rings is 3. The van der Waals surface area contributed by atoms with Crippen LogP contribution in [0.3, 0.4) is 0 Å². The average Bonchev–Trinajstić information content (AvgIpc) is 3.38. The van der Waals surface area contributed by atoms with Gasteiger partial charge in [-0.1, -0.05) is 13.0 Å². The van der Waals surface area contributed by atoms with E-state index in [2.05, 4.69) is 10.2 Å². The van der Waals surface area contributed by atoms with Gasteiger partial charge < -0.3 is 14.8 Å². The van der Waals surface area contributed by atoms with Gasteiger partial charge >= 0.3 is 5.69 Å². The molecule has 35 heavy (non-hydrogen) atoms. The largest absolute Gasteiger partial charge is 0.508 e. The van der Waals surface area contributed by atoms with Gasteiger partial charge in [-0.3, -0.25) is 0 Å². The van der Waals surface area contributed by atoms with Crippen molar-refractivity contribution in [2.45, 2.75) is 19.3 Å². The van der Waals surface area contributed by atoms with E-state index in [4.69, 9.17) is 0 Å². The molecule has 2 aromatic heterocycles. The zero-order valence-corrected chi connectivity index (χ0v) is 19.0. The van der Waals surface area contributed by atoms with Crippen molar-refractivity contribution in [3.63, 3.8) is 0 Å². The number of nitrogens with one attached hydrogen (secondary N) is 1. The maximum absolute atomic E-state index is 14.2. The molecule has 9 heteroatoms. The zero-order valence-electron chi connectivity index (χ0n) is 19.0. The topological polar surface area (TPSA) is 96.1 Å². The van der Waals surface area contributed by atoms with Gasteiger partial charge in [0.25, 0.3) is 0 Å². The first-order valence-electron chi connectivity index (χ1n) is 11.0. The highest BCUT2D eigenvalue weighted by molar-refractivity contribution is 5.82. The number of aromatic amines is 1. The first-order valence-corrected chi connectivity index (χ1v) is 11.0. The zero-order chi connectivity index (χ0) is 24.9. The number of H-pyrrole nitrogens is 1. The van der Waals surface area contributed by atoms with E-state index in [-0.39, 0.29) is 34.9 Å². The van der Waals surface area contributed by atoms with Gasteiger partial charge in [-0.25, -0.2) is 23.2 Å². The van der Waals surface area contributed by atoms with Gasteiger partial charge in [0.1, 0.15) is 23.1 Å². The molecule has 0 radical (unpaired) electrons. The number of aryl methyl sites for hydroxylation is 1. The molecule has 7 nitrogen and oxygen atoms in total. The van der Waals surface area contributed by atoms with Gasteiger partial charge in [-0.2, -0.15) is 5.10 Å². The highest BCUT2D eigenvalue weighted by atomic mass is 19.1.